The van der Waals surface area contributed by atoms with Gasteiger partial charge in [-0.2, -0.15) is 18.3 Å². The zero-order valence-electron chi connectivity index (χ0n) is 22.3. The van der Waals surface area contributed by atoms with Gasteiger partial charge < -0.3 is 15.4 Å². The van der Waals surface area contributed by atoms with Crippen LogP contribution in [0.2, 0.25) is 0 Å². The summed E-state index contributed by atoms with van der Waals surface area (Å²) in [6.45, 7) is 2.02. The molecular weight excluding hydrogens is 525 g/mol. The molecule has 0 spiro atoms. The molecule has 3 heterocycles. The molecule has 9 nitrogen and oxygen atoms in total. The summed E-state index contributed by atoms with van der Waals surface area (Å²) < 4.78 is 47.0. The quantitative estimate of drug-likeness (QED) is 0.435. The lowest BCUT2D eigenvalue weighted by Crippen LogP contribution is -2.47. The van der Waals surface area contributed by atoms with Gasteiger partial charge in [-0.25, -0.2) is 19.3 Å². The minimum Gasteiger partial charge on any atom is -0.443 e. The molecule has 12 heteroatoms. The van der Waals surface area contributed by atoms with E-state index in [0.29, 0.717) is 35.3 Å². The number of amides is 2. The van der Waals surface area contributed by atoms with Gasteiger partial charge in [0.15, 0.2) is 0 Å². The van der Waals surface area contributed by atoms with Crippen molar-refractivity contribution in [2.45, 2.75) is 70.7 Å². The van der Waals surface area contributed by atoms with Crippen LogP contribution in [0.4, 0.5) is 18.0 Å². The third kappa shape index (κ3) is 6.71. The molecule has 214 valence electrons. The molecule has 0 radical (unpaired) electrons. The molecule has 2 aliphatic rings. The number of carbonyl (C=O) groups is 2. The Kier molecular flexibility index (Phi) is 8.22. The number of nitrogens with one attached hydrogen (secondary N) is 2. The van der Waals surface area contributed by atoms with Crippen LogP contribution in [0, 0.1) is 17.8 Å². The Labute approximate surface area is 229 Å². The number of benzene rings is 1. The van der Waals surface area contributed by atoms with Crippen LogP contribution >= 0.6 is 0 Å². The first-order chi connectivity index (χ1) is 19.2. The minimum absolute atomic E-state index is 0.0641. The summed E-state index contributed by atoms with van der Waals surface area (Å²) in [6.07, 6.45) is 0.205. The maximum absolute atomic E-state index is 13.4. The van der Waals surface area contributed by atoms with E-state index in [4.69, 9.17) is 9.72 Å². The Morgan fingerprint density at radius 1 is 1.15 bits per heavy atom. The molecule has 2 amide bonds. The molecule has 0 bridgehead atoms. The molecule has 40 heavy (non-hydrogen) atoms. The highest BCUT2D eigenvalue weighted by Crippen LogP contribution is 2.38. The van der Waals surface area contributed by atoms with E-state index in [2.05, 4.69) is 27.6 Å². The van der Waals surface area contributed by atoms with Crippen molar-refractivity contribution in [2.24, 2.45) is 17.8 Å². The second-order valence-electron chi connectivity index (χ2n) is 10.9. The van der Waals surface area contributed by atoms with E-state index in [1.165, 1.54) is 4.52 Å². The predicted molar refractivity (Wildman–Crippen MR) is 139 cm³/mol. The monoisotopic (exact) mass is 558 g/mol. The minimum atomic E-state index is -4.38. The van der Waals surface area contributed by atoms with Crippen LogP contribution in [0.25, 0.3) is 5.78 Å². The average molecular weight is 559 g/mol. The summed E-state index contributed by atoms with van der Waals surface area (Å²) in [5, 5.41) is 9.79. The summed E-state index contributed by atoms with van der Waals surface area (Å²) in [4.78, 5) is 34.0. The lowest BCUT2D eigenvalue weighted by molar-refractivity contribution is -0.183. The van der Waals surface area contributed by atoms with Gasteiger partial charge in [0.2, 0.25) is 5.91 Å². The molecule has 1 aromatic carbocycles. The van der Waals surface area contributed by atoms with Crippen molar-refractivity contribution in [3.8, 4) is 0 Å². The average Bonchev–Trinajstić information content (AvgIpc) is 3.34. The second-order valence-corrected chi connectivity index (χ2v) is 10.9. The number of halogens is 3. The molecule has 1 aliphatic heterocycles. The van der Waals surface area contributed by atoms with Crippen molar-refractivity contribution in [3.05, 3.63) is 59.2 Å². The largest absolute Gasteiger partial charge is 0.443 e. The smallest absolute Gasteiger partial charge is 0.407 e. The fraction of sp³-hybridized carbons (Fsp3) is 0.536. The van der Waals surface area contributed by atoms with Gasteiger partial charge in [0.05, 0.1) is 23.5 Å². The van der Waals surface area contributed by atoms with E-state index in [1.807, 2.05) is 30.3 Å². The Balaban J connectivity index is 1.33. The molecule has 2 atom stereocenters. The summed E-state index contributed by atoms with van der Waals surface area (Å²) >= 11 is 0. The van der Waals surface area contributed by atoms with Gasteiger partial charge in [0.1, 0.15) is 12.3 Å². The van der Waals surface area contributed by atoms with Crippen molar-refractivity contribution in [1.82, 2.24) is 30.2 Å². The molecule has 0 unspecified atom stereocenters. The molecule has 3 aromatic rings. The molecule has 2 N–H and O–H groups in total. The molecular formula is C28H33F3N6O3. The van der Waals surface area contributed by atoms with Crippen LogP contribution in [-0.4, -0.2) is 44.3 Å². The van der Waals surface area contributed by atoms with Crippen LogP contribution in [0.5, 0.6) is 0 Å². The van der Waals surface area contributed by atoms with Crippen molar-refractivity contribution >= 4 is 17.8 Å². The number of ether oxygens (including phenoxy) is 1. The van der Waals surface area contributed by atoms with E-state index in [0.717, 1.165) is 31.2 Å². The molecule has 2 fully saturated rings. The molecule has 1 saturated heterocycles. The Hall–Kier alpha value is -3.70. The van der Waals surface area contributed by atoms with Crippen LogP contribution in [0.15, 0.2) is 36.5 Å². The highest BCUT2D eigenvalue weighted by atomic mass is 19.4. The zero-order valence-corrected chi connectivity index (χ0v) is 22.3. The maximum atomic E-state index is 13.4. The fourth-order valence-electron chi connectivity index (χ4n) is 5.51. The Bertz CT molecular complexity index is 1340. The number of rotatable bonds is 7. The van der Waals surface area contributed by atoms with E-state index in [-0.39, 0.29) is 25.4 Å². The van der Waals surface area contributed by atoms with Crippen molar-refractivity contribution in [2.75, 3.05) is 6.54 Å². The van der Waals surface area contributed by atoms with Gasteiger partial charge >= 0.3 is 12.3 Å². The maximum Gasteiger partial charge on any atom is 0.407 e. The summed E-state index contributed by atoms with van der Waals surface area (Å²) in [5.74, 6) is -1.83. The number of alkyl carbamates (subject to hydrolysis) is 1. The van der Waals surface area contributed by atoms with Gasteiger partial charge in [-0.1, -0.05) is 50.1 Å². The standard InChI is InChI=1S/C28H33F3N6O3/c1-17-7-9-19(10-8-17)24-23(12-20-11-21(28(29,30)31)14-32-25(20)38)36-37-15-22(34-26(37)35-24)16-40-27(39)33-13-18-5-3-2-4-6-18/h2-6,15,17,19-21H,7-14,16H2,1H3,(H,32,38)(H,33,39)/t17?,19?,20-,21+/m1/s1. The van der Waals surface area contributed by atoms with Crippen LogP contribution < -0.4 is 10.6 Å². The Morgan fingerprint density at radius 2 is 1.90 bits per heavy atom. The van der Waals surface area contributed by atoms with Gasteiger partial charge in [-0.05, 0) is 30.7 Å². The first kappa shape index (κ1) is 27.9. The number of carbonyl (C=O) groups excluding carboxylic acids is 2. The molecule has 1 aliphatic carbocycles. The molecule has 2 aromatic heterocycles. The van der Waals surface area contributed by atoms with Crippen molar-refractivity contribution < 1.29 is 27.5 Å². The van der Waals surface area contributed by atoms with Crippen LogP contribution in [0.1, 0.15) is 67.6 Å². The number of alkyl halides is 3. The Morgan fingerprint density at radius 3 is 2.62 bits per heavy atom. The van der Waals surface area contributed by atoms with Gasteiger partial charge in [0.25, 0.3) is 5.78 Å². The summed E-state index contributed by atoms with van der Waals surface area (Å²) in [6, 6.07) is 9.43. The number of hydrogen-bond acceptors (Lipinski definition) is 6. The predicted octanol–water partition coefficient (Wildman–Crippen LogP) is 4.70. The third-order valence-corrected chi connectivity index (χ3v) is 7.86. The van der Waals surface area contributed by atoms with Gasteiger partial charge in [-0.3, -0.25) is 4.79 Å². The lowest BCUT2D eigenvalue weighted by atomic mass is 9.79. The topological polar surface area (TPSA) is 111 Å². The number of fused-ring (bicyclic) bond motifs is 1. The normalized spacial score (nSPS) is 23.6. The van der Waals surface area contributed by atoms with E-state index < -0.39 is 36.6 Å². The number of aromatic nitrogens is 4. The first-order valence-electron chi connectivity index (χ1n) is 13.7. The summed E-state index contributed by atoms with van der Waals surface area (Å²) in [7, 11) is 0. The van der Waals surface area contributed by atoms with E-state index in [1.54, 1.807) is 6.20 Å². The van der Waals surface area contributed by atoms with E-state index in [9.17, 15) is 22.8 Å². The molecule has 5 rings (SSSR count). The number of hydrogen-bond donors (Lipinski definition) is 2. The second kappa shape index (κ2) is 11.8. The number of nitrogens with zero attached hydrogens (tertiary/aromatic N) is 4. The highest BCUT2D eigenvalue weighted by molar-refractivity contribution is 5.79. The van der Waals surface area contributed by atoms with Crippen LogP contribution in [-0.2, 0) is 29.1 Å². The van der Waals surface area contributed by atoms with E-state index >= 15 is 0 Å². The van der Waals surface area contributed by atoms with Gasteiger partial charge in [0, 0.05) is 31.3 Å². The SMILES string of the molecule is CC1CCC(c2nc3nc(COC(=O)NCc4ccccc4)cn3nc2C[C@H]2C[C@H](C(F)(F)F)CNC2=O)CC1. The zero-order chi connectivity index (χ0) is 28.3. The molecule has 1 saturated carbocycles. The third-order valence-electron chi connectivity index (χ3n) is 7.86. The number of imidazole rings is 1. The lowest BCUT2D eigenvalue weighted by Gasteiger charge is -2.31. The fourth-order valence-corrected chi connectivity index (χ4v) is 5.51. The van der Waals surface area contributed by atoms with Crippen molar-refractivity contribution in [1.29, 1.82) is 0 Å². The first-order valence-corrected chi connectivity index (χ1v) is 13.7. The van der Waals surface area contributed by atoms with Gasteiger partial charge in [-0.15, -0.1) is 0 Å². The summed E-state index contributed by atoms with van der Waals surface area (Å²) in [5.41, 5.74) is 2.58. The highest BCUT2D eigenvalue weighted by Gasteiger charge is 2.45. The van der Waals surface area contributed by atoms with Crippen molar-refractivity contribution in [3.63, 3.8) is 0 Å². The number of piperidine rings is 1. The van der Waals surface area contributed by atoms with Crippen LogP contribution in [0.3, 0.4) is 0 Å².